The lowest BCUT2D eigenvalue weighted by molar-refractivity contribution is 0.382. The second-order valence-corrected chi connectivity index (χ2v) is 6.33. The molecule has 0 fully saturated rings. The van der Waals surface area contributed by atoms with Gasteiger partial charge in [-0.1, -0.05) is 41.9 Å². The number of benzene rings is 2. The lowest BCUT2D eigenvalue weighted by atomic mass is 9.78. The van der Waals surface area contributed by atoms with Gasteiger partial charge in [0.2, 0.25) is 0 Å². The van der Waals surface area contributed by atoms with Crippen LogP contribution < -0.4 is 5.73 Å². The lowest BCUT2D eigenvalue weighted by Crippen LogP contribution is -2.27. The van der Waals surface area contributed by atoms with E-state index in [4.69, 9.17) is 17.3 Å². The van der Waals surface area contributed by atoms with E-state index in [2.05, 4.69) is 24.3 Å². The van der Waals surface area contributed by atoms with Crippen molar-refractivity contribution in [2.75, 3.05) is 0 Å². The van der Waals surface area contributed by atoms with Gasteiger partial charge in [0, 0.05) is 11.1 Å². The number of rotatable bonds is 2. The maximum absolute atomic E-state index is 13.5. The molecule has 0 saturated carbocycles. The molecule has 2 aromatic carbocycles. The second-order valence-electron chi connectivity index (χ2n) is 5.92. The topological polar surface area (TPSA) is 26.0 Å². The van der Waals surface area contributed by atoms with E-state index < -0.39 is 0 Å². The normalized spacial score (nSPS) is 19.1. The van der Waals surface area contributed by atoms with Crippen LogP contribution in [0.25, 0.3) is 0 Å². The first-order valence-electron chi connectivity index (χ1n) is 7.34. The Morgan fingerprint density at radius 3 is 2.71 bits per heavy atom. The molecule has 1 nitrogen and oxygen atoms in total. The van der Waals surface area contributed by atoms with E-state index in [9.17, 15) is 4.39 Å². The molecule has 21 heavy (non-hydrogen) atoms. The summed E-state index contributed by atoms with van der Waals surface area (Å²) in [5.41, 5.74) is 10.7. The average molecular weight is 304 g/mol. The maximum Gasteiger partial charge on any atom is 0.127 e. The molecule has 2 atom stereocenters. The second kappa shape index (κ2) is 5.78. The van der Waals surface area contributed by atoms with Crippen molar-refractivity contribution in [3.8, 4) is 0 Å². The fourth-order valence-corrected chi connectivity index (χ4v) is 3.50. The Kier molecular flexibility index (Phi) is 4.01. The van der Waals surface area contributed by atoms with Crippen LogP contribution in [0, 0.1) is 18.7 Å². The fraction of sp³-hybridized carbons (Fsp3) is 0.333. The summed E-state index contributed by atoms with van der Waals surface area (Å²) in [4.78, 5) is 0. The highest BCUT2D eigenvalue weighted by Gasteiger charge is 2.26. The van der Waals surface area contributed by atoms with Crippen LogP contribution in [0.1, 0.15) is 34.7 Å². The monoisotopic (exact) mass is 303 g/mol. The molecule has 1 aliphatic rings. The first-order chi connectivity index (χ1) is 10.1. The van der Waals surface area contributed by atoms with E-state index in [-0.39, 0.29) is 11.9 Å². The third kappa shape index (κ3) is 2.83. The van der Waals surface area contributed by atoms with E-state index in [0.717, 1.165) is 24.8 Å². The van der Waals surface area contributed by atoms with E-state index in [1.165, 1.54) is 17.2 Å². The Hall–Kier alpha value is -1.38. The lowest BCUT2D eigenvalue weighted by Gasteiger charge is -2.30. The number of hydrogen-bond acceptors (Lipinski definition) is 1. The molecule has 0 aliphatic heterocycles. The first kappa shape index (κ1) is 14.6. The van der Waals surface area contributed by atoms with Crippen molar-refractivity contribution in [1.29, 1.82) is 0 Å². The molecular formula is C18H19ClFN. The highest BCUT2D eigenvalue weighted by atomic mass is 35.5. The molecule has 0 saturated heterocycles. The van der Waals surface area contributed by atoms with Crippen LogP contribution in [-0.4, -0.2) is 0 Å². The van der Waals surface area contributed by atoms with Crippen LogP contribution in [0.15, 0.2) is 36.4 Å². The molecule has 3 rings (SSSR count). The Balaban J connectivity index is 1.87. The quantitative estimate of drug-likeness (QED) is 0.862. The van der Waals surface area contributed by atoms with Crippen molar-refractivity contribution in [3.63, 3.8) is 0 Å². The van der Waals surface area contributed by atoms with Gasteiger partial charge in [0.15, 0.2) is 0 Å². The van der Waals surface area contributed by atoms with Gasteiger partial charge in [-0.25, -0.2) is 4.39 Å². The van der Waals surface area contributed by atoms with Crippen molar-refractivity contribution in [1.82, 2.24) is 0 Å². The van der Waals surface area contributed by atoms with Gasteiger partial charge >= 0.3 is 0 Å². The summed E-state index contributed by atoms with van der Waals surface area (Å²) in [6.45, 7) is 1.75. The number of halogens is 2. The summed E-state index contributed by atoms with van der Waals surface area (Å²) in [6, 6.07) is 11.5. The first-order valence-corrected chi connectivity index (χ1v) is 7.72. The van der Waals surface area contributed by atoms with Crippen LogP contribution in [0.2, 0.25) is 5.02 Å². The number of aryl methyl sites for hydroxylation is 2. The molecule has 0 aromatic heterocycles. The minimum atomic E-state index is -0.273. The van der Waals surface area contributed by atoms with Crippen molar-refractivity contribution < 1.29 is 4.39 Å². The zero-order valence-corrected chi connectivity index (χ0v) is 12.8. The third-order valence-corrected chi connectivity index (χ3v) is 4.86. The summed E-state index contributed by atoms with van der Waals surface area (Å²) >= 11 is 6.20. The molecule has 0 spiro atoms. The Labute approximate surface area is 129 Å². The number of hydrogen-bond donors (Lipinski definition) is 1. The van der Waals surface area contributed by atoms with E-state index in [1.807, 2.05) is 0 Å². The zero-order chi connectivity index (χ0) is 15.0. The Bertz CT molecular complexity index is 668. The highest BCUT2D eigenvalue weighted by Crippen LogP contribution is 2.36. The van der Waals surface area contributed by atoms with Gasteiger partial charge in [0.1, 0.15) is 5.82 Å². The molecule has 0 bridgehead atoms. The van der Waals surface area contributed by atoms with Gasteiger partial charge in [-0.3, -0.25) is 0 Å². The van der Waals surface area contributed by atoms with Crippen molar-refractivity contribution in [3.05, 3.63) is 69.5 Å². The van der Waals surface area contributed by atoms with Gasteiger partial charge in [-0.2, -0.15) is 0 Å². The van der Waals surface area contributed by atoms with Crippen LogP contribution in [0.5, 0.6) is 0 Å². The summed E-state index contributed by atoms with van der Waals surface area (Å²) in [5.74, 6) is 0.0761. The SMILES string of the molecule is Cc1cc(C(N)C2CCc3ccccc3C2)c(Cl)cc1F. The molecule has 2 aromatic rings. The van der Waals surface area contributed by atoms with Crippen LogP contribution >= 0.6 is 11.6 Å². The number of nitrogens with two attached hydrogens (primary N) is 1. The van der Waals surface area contributed by atoms with Crippen LogP contribution in [0.3, 0.4) is 0 Å². The molecule has 0 amide bonds. The third-order valence-electron chi connectivity index (χ3n) is 4.53. The average Bonchev–Trinajstić information content (AvgIpc) is 2.50. The minimum Gasteiger partial charge on any atom is -0.324 e. The molecular weight excluding hydrogens is 285 g/mol. The molecule has 110 valence electrons. The smallest absolute Gasteiger partial charge is 0.127 e. The van der Waals surface area contributed by atoms with E-state index >= 15 is 0 Å². The van der Waals surface area contributed by atoms with E-state index in [0.29, 0.717) is 16.5 Å². The molecule has 0 radical (unpaired) electrons. The minimum absolute atomic E-state index is 0.148. The summed E-state index contributed by atoms with van der Waals surface area (Å²) < 4.78 is 13.5. The van der Waals surface area contributed by atoms with Crippen molar-refractivity contribution in [2.24, 2.45) is 11.7 Å². The molecule has 0 heterocycles. The predicted octanol–water partition coefficient (Wildman–Crippen LogP) is 4.59. The molecule has 3 heteroatoms. The van der Waals surface area contributed by atoms with Gasteiger partial charge in [-0.05, 0) is 60.4 Å². The van der Waals surface area contributed by atoms with Gasteiger partial charge in [0.05, 0.1) is 0 Å². The van der Waals surface area contributed by atoms with Gasteiger partial charge in [0.25, 0.3) is 0 Å². The Morgan fingerprint density at radius 1 is 1.24 bits per heavy atom. The maximum atomic E-state index is 13.5. The van der Waals surface area contributed by atoms with Crippen LogP contribution in [0.4, 0.5) is 4.39 Å². The fourth-order valence-electron chi connectivity index (χ4n) is 3.22. The zero-order valence-electron chi connectivity index (χ0n) is 12.1. The summed E-state index contributed by atoms with van der Waals surface area (Å²) in [6.07, 6.45) is 3.06. The molecule has 2 unspecified atom stereocenters. The van der Waals surface area contributed by atoms with Crippen molar-refractivity contribution in [2.45, 2.75) is 32.2 Å². The highest BCUT2D eigenvalue weighted by molar-refractivity contribution is 6.31. The molecule has 2 N–H and O–H groups in total. The Morgan fingerprint density at radius 2 is 1.95 bits per heavy atom. The summed E-state index contributed by atoms with van der Waals surface area (Å²) in [7, 11) is 0. The standard InChI is InChI=1S/C18H19ClFN/c1-11-8-15(16(19)10-17(11)20)18(21)14-7-6-12-4-2-3-5-13(12)9-14/h2-5,8,10,14,18H,6-7,9,21H2,1H3. The largest absolute Gasteiger partial charge is 0.324 e. The van der Waals surface area contributed by atoms with Crippen LogP contribution in [-0.2, 0) is 12.8 Å². The molecule has 1 aliphatic carbocycles. The van der Waals surface area contributed by atoms with Gasteiger partial charge < -0.3 is 5.73 Å². The van der Waals surface area contributed by atoms with Gasteiger partial charge in [-0.15, -0.1) is 0 Å². The van der Waals surface area contributed by atoms with Crippen molar-refractivity contribution >= 4 is 11.6 Å². The summed E-state index contributed by atoms with van der Waals surface area (Å²) in [5, 5.41) is 0.435. The predicted molar refractivity (Wildman–Crippen MR) is 85.0 cm³/mol. The van der Waals surface area contributed by atoms with E-state index in [1.54, 1.807) is 13.0 Å². The number of fused-ring (bicyclic) bond motifs is 1.